The van der Waals surface area contributed by atoms with Crippen LogP contribution in [0.15, 0.2) is 11.1 Å². The number of hydrogen-bond donors (Lipinski definition) is 2. The van der Waals surface area contributed by atoms with Crippen molar-refractivity contribution in [1.29, 1.82) is 0 Å². The molecule has 1 aliphatic heterocycles. The first-order valence-corrected chi connectivity index (χ1v) is 15.6. The molecule has 1 spiro atoms. The fourth-order valence-electron chi connectivity index (χ4n) is 10.4. The number of ketones is 1. The summed E-state index contributed by atoms with van der Waals surface area (Å²) in [6, 6.07) is 0. The smallest absolute Gasteiger partial charge is 0.171 e. The molecule has 0 radical (unpaired) electrons. The highest BCUT2D eigenvalue weighted by atomic mass is 16.7. The molecule has 6 aliphatic carbocycles. The van der Waals surface area contributed by atoms with Crippen molar-refractivity contribution in [2.45, 2.75) is 121 Å². The quantitative estimate of drug-likeness (QED) is 0.387. The minimum atomic E-state index is -0.935. The van der Waals surface area contributed by atoms with Gasteiger partial charge >= 0.3 is 0 Å². The second-order valence-electron chi connectivity index (χ2n) is 14.3. The maximum Gasteiger partial charge on any atom is 0.171 e. The van der Waals surface area contributed by atoms with E-state index in [-0.39, 0.29) is 11.3 Å². The fourth-order valence-corrected chi connectivity index (χ4v) is 10.4. The van der Waals surface area contributed by atoms with Crippen molar-refractivity contribution < 1.29 is 24.5 Å². The van der Waals surface area contributed by atoms with Crippen LogP contribution >= 0.6 is 0 Å². The molecule has 0 aromatic carbocycles. The van der Waals surface area contributed by atoms with E-state index in [0.29, 0.717) is 55.0 Å². The van der Waals surface area contributed by atoms with E-state index in [4.69, 9.17) is 9.47 Å². The summed E-state index contributed by atoms with van der Waals surface area (Å²) in [4.78, 5) is 12.9. The summed E-state index contributed by atoms with van der Waals surface area (Å²) in [6.45, 7) is 5.41. The predicted molar refractivity (Wildman–Crippen MR) is 144 cm³/mol. The van der Waals surface area contributed by atoms with Crippen molar-refractivity contribution in [1.82, 2.24) is 0 Å². The van der Waals surface area contributed by atoms with Gasteiger partial charge in [0.1, 0.15) is 11.4 Å². The number of hydrogen-bond acceptors (Lipinski definition) is 5. The van der Waals surface area contributed by atoms with Crippen LogP contribution in [0.25, 0.3) is 0 Å². The molecule has 2 unspecified atom stereocenters. The van der Waals surface area contributed by atoms with Gasteiger partial charge in [-0.25, -0.2) is 0 Å². The van der Waals surface area contributed by atoms with E-state index in [2.05, 4.69) is 18.8 Å². The zero-order valence-electron chi connectivity index (χ0n) is 23.4. The number of rotatable bonds is 3. The van der Waals surface area contributed by atoms with Crippen LogP contribution in [-0.4, -0.2) is 46.2 Å². The predicted octanol–water partition coefficient (Wildman–Crippen LogP) is 5.33. The number of aliphatic hydroxyl groups is 2. The van der Waals surface area contributed by atoms with Crippen molar-refractivity contribution in [2.24, 2.45) is 40.9 Å². The van der Waals surface area contributed by atoms with Gasteiger partial charge in [-0.3, -0.25) is 4.79 Å². The highest BCUT2D eigenvalue weighted by Crippen LogP contribution is 2.67. The Balaban J connectivity index is 1.25. The molecule has 5 heteroatoms. The number of ether oxygens (including phenoxy) is 2. The number of carbonyl (C=O) groups is 1. The van der Waals surface area contributed by atoms with E-state index in [1.54, 1.807) is 5.57 Å². The summed E-state index contributed by atoms with van der Waals surface area (Å²) < 4.78 is 12.2. The Morgan fingerprint density at radius 1 is 0.895 bits per heavy atom. The topological polar surface area (TPSA) is 76.0 Å². The summed E-state index contributed by atoms with van der Waals surface area (Å²) in [7, 11) is 0. The maximum absolute atomic E-state index is 12.9. The van der Waals surface area contributed by atoms with Gasteiger partial charge in [-0.15, -0.1) is 5.92 Å². The molecule has 5 nitrogen and oxygen atoms in total. The molecule has 38 heavy (non-hydrogen) atoms. The second-order valence-corrected chi connectivity index (χ2v) is 14.3. The first-order chi connectivity index (χ1) is 18.2. The normalized spacial score (nSPS) is 47.6. The fraction of sp³-hybridized carbons (Fsp3) is 0.848. The van der Waals surface area contributed by atoms with Crippen LogP contribution in [0.3, 0.4) is 0 Å². The van der Waals surface area contributed by atoms with Crippen LogP contribution in [-0.2, 0) is 14.3 Å². The van der Waals surface area contributed by atoms with Crippen LogP contribution in [0, 0.1) is 52.8 Å². The minimum Gasteiger partial charge on any atom is -0.385 e. The van der Waals surface area contributed by atoms with Crippen molar-refractivity contribution in [3.8, 4) is 11.8 Å². The van der Waals surface area contributed by atoms with E-state index >= 15 is 0 Å². The Morgan fingerprint density at radius 2 is 1.58 bits per heavy atom. The standard InChI is InChI=1S/C33H46O5/c1-3-13-32(36)15-11-26-24-10-14-31(35)20-33(37-17-18-38-33)16-12-27(31)28(24)25(19-30(26,32)2)21-4-6-22(7-5-21)29(34)23-8-9-23/h21-26,35-36H,4-12,14-20H2,1-2H3/t21?,22?,24?,25-,26?,30+,31-,32+/m1/s1. The van der Waals surface area contributed by atoms with Gasteiger partial charge in [0.05, 0.1) is 18.8 Å². The molecular weight excluding hydrogens is 476 g/mol. The van der Waals surface area contributed by atoms with Gasteiger partial charge in [-0.05, 0) is 113 Å². The third kappa shape index (κ3) is 3.76. The molecule has 0 amide bonds. The van der Waals surface area contributed by atoms with E-state index in [0.717, 1.165) is 83.5 Å². The molecule has 0 bridgehead atoms. The van der Waals surface area contributed by atoms with Gasteiger partial charge in [-0.1, -0.05) is 18.4 Å². The highest BCUT2D eigenvalue weighted by molar-refractivity contribution is 5.85. The first-order valence-electron chi connectivity index (χ1n) is 15.6. The summed E-state index contributed by atoms with van der Waals surface area (Å²) in [5, 5.41) is 24.2. The zero-order valence-corrected chi connectivity index (χ0v) is 23.4. The van der Waals surface area contributed by atoms with Crippen LogP contribution in [0.1, 0.15) is 104 Å². The highest BCUT2D eigenvalue weighted by Gasteiger charge is 2.65. The summed E-state index contributed by atoms with van der Waals surface area (Å²) in [6.07, 6.45) is 13.0. The van der Waals surface area contributed by atoms with Crippen LogP contribution in [0.4, 0.5) is 0 Å². The average molecular weight is 523 g/mol. The van der Waals surface area contributed by atoms with E-state index in [1.807, 2.05) is 6.92 Å². The zero-order chi connectivity index (χ0) is 26.3. The Bertz CT molecular complexity index is 1080. The molecule has 6 atom stereocenters. The lowest BCUT2D eigenvalue weighted by atomic mass is 9.48. The number of allylic oxidation sites excluding steroid dienone is 1. The molecule has 0 aromatic rings. The lowest BCUT2D eigenvalue weighted by Gasteiger charge is -2.58. The number of carbonyl (C=O) groups excluding carboxylic acids is 1. The lowest BCUT2D eigenvalue weighted by molar-refractivity contribution is -0.208. The average Bonchev–Trinajstić information content (AvgIpc) is 3.61. The van der Waals surface area contributed by atoms with Gasteiger partial charge in [0.15, 0.2) is 5.79 Å². The molecule has 1 heterocycles. The number of Topliss-reactive ketones (excluding diaryl/α,β-unsaturated/α-hetero) is 1. The van der Waals surface area contributed by atoms with Gasteiger partial charge < -0.3 is 19.7 Å². The molecule has 208 valence electrons. The Kier molecular flexibility index (Phi) is 6.04. The Morgan fingerprint density at radius 3 is 2.24 bits per heavy atom. The van der Waals surface area contributed by atoms with Crippen molar-refractivity contribution in [3.63, 3.8) is 0 Å². The van der Waals surface area contributed by atoms with E-state index in [1.165, 1.54) is 5.57 Å². The summed E-state index contributed by atoms with van der Waals surface area (Å²) in [5.41, 5.74) is 0.811. The third-order valence-electron chi connectivity index (χ3n) is 12.5. The van der Waals surface area contributed by atoms with Gasteiger partial charge in [0.25, 0.3) is 0 Å². The maximum atomic E-state index is 12.9. The molecular formula is C33H46O5. The molecule has 2 N–H and O–H groups in total. The van der Waals surface area contributed by atoms with Crippen LogP contribution in [0.2, 0.25) is 0 Å². The summed E-state index contributed by atoms with van der Waals surface area (Å²) >= 11 is 0. The van der Waals surface area contributed by atoms with E-state index in [9.17, 15) is 15.0 Å². The molecule has 1 saturated heterocycles. The first kappa shape index (κ1) is 25.8. The minimum absolute atomic E-state index is 0.237. The molecule has 7 aliphatic rings. The molecule has 7 rings (SSSR count). The van der Waals surface area contributed by atoms with Gasteiger partial charge in [-0.2, -0.15) is 0 Å². The van der Waals surface area contributed by atoms with Gasteiger partial charge in [0.2, 0.25) is 0 Å². The Labute approximate surface area is 228 Å². The van der Waals surface area contributed by atoms with Gasteiger partial charge in [0, 0.05) is 30.1 Å². The van der Waals surface area contributed by atoms with Crippen LogP contribution in [0.5, 0.6) is 0 Å². The van der Waals surface area contributed by atoms with E-state index < -0.39 is 17.0 Å². The lowest BCUT2D eigenvalue weighted by Crippen LogP contribution is -2.56. The Hall–Kier alpha value is -1.19. The monoisotopic (exact) mass is 522 g/mol. The van der Waals surface area contributed by atoms with Crippen LogP contribution < -0.4 is 0 Å². The van der Waals surface area contributed by atoms with Crippen molar-refractivity contribution in [3.05, 3.63) is 11.1 Å². The molecule has 6 fully saturated rings. The van der Waals surface area contributed by atoms with Crippen molar-refractivity contribution >= 4 is 5.78 Å². The largest absolute Gasteiger partial charge is 0.385 e. The SMILES string of the molecule is CC#C[C@]1(O)CCC2C3CC[C@@]4(O)CC5(CCC4=C3[C@@H](C3CCC(C(=O)C4CC4)CC3)C[C@@]21C)OCCO5. The second kappa shape index (κ2) is 8.90. The number of fused-ring (bicyclic) bond motifs is 4. The third-order valence-corrected chi connectivity index (χ3v) is 12.5. The van der Waals surface area contributed by atoms with Crippen molar-refractivity contribution in [2.75, 3.05) is 13.2 Å². The molecule has 0 aromatic heterocycles. The summed E-state index contributed by atoms with van der Waals surface area (Å²) in [5.74, 6) is 8.54. The molecule has 5 saturated carbocycles.